The molecule has 1 atom stereocenters. The number of aliphatic carboxylic acids is 1. The Morgan fingerprint density at radius 1 is 1.22 bits per heavy atom. The molecule has 2 heterocycles. The molecule has 0 aliphatic carbocycles. The van der Waals surface area contributed by atoms with Crippen molar-refractivity contribution in [1.29, 1.82) is 0 Å². The lowest BCUT2D eigenvalue weighted by Crippen LogP contribution is -2.29. The number of nitrogens with zero attached hydrogens (tertiary/aromatic N) is 1. The van der Waals surface area contributed by atoms with Gasteiger partial charge in [0.2, 0.25) is 0 Å². The van der Waals surface area contributed by atoms with E-state index in [2.05, 4.69) is 0 Å². The fourth-order valence-corrected chi connectivity index (χ4v) is 3.61. The second-order valence-corrected chi connectivity index (χ2v) is 6.52. The molecule has 23 heavy (non-hydrogen) atoms. The molecule has 4 nitrogen and oxygen atoms in total. The van der Waals surface area contributed by atoms with Crippen molar-refractivity contribution in [3.63, 3.8) is 0 Å². The Morgan fingerprint density at radius 2 is 1.91 bits per heavy atom. The molecule has 1 amide bonds. The van der Waals surface area contributed by atoms with Crippen molar-refractivity contribution in [2.24, 2.45) is 5.92 Å². The van der Waals surface area contributed by atoms with Crippen LogP contribution in [-0.2, 0) is 4.79 Å². The highest BCUT2D eigenvalue weighted by atomic mass is 35.5. The molecule has 1 fully saturated rings. The van der Waals surface area contributed by atoms with Crippen molar-refractivity contribution < 1.29 is 14.7 Å². The van der Waals surface area contributed by atoms with Crippen molar-refractivity contribution in [1.82, 2.24) is 4.90 Å². The number of thiophene rings is 1. The largest absolute Gasteiger partial charge is 0.481 e. The van der Waals surface area contributed by atoms with Gasteiger partial charge in [-0.25, -0.2) is 0 Å². The first kappa shape index (κ1) is 17.5. The number of carboxylic acids is 1. The molecule has 0 spiro atoms. The van der Waals surface area contributed by atoms with Crippen LogP contribution in [0.25, 0.3) is 11.1 Å². The first-order valence-corrected chi connectivity index (χ1v) is 8.11. The molecular formula is C17H18ClNO3S. The molecule has 1 saturated heterocycles. The number of hydrogen-bond donors (Lipinski definition) is 1. The molecule has 1 aliphatic rings. The number of aryl methyl sites for hydroxylation is 1. The van der Waals surface area contributed by atoms with E-state index in [1.165, 1.54) is 16.9 Å². The number of carbonyl (C=O) groups is 2. The van der Waals surface area contributed by atoms with E-state index >= 15 is 0 Å². The number of likely N-dealkylation sites (tertiary alicyclic amines) is 1. The lowest BCUT2D eigenvalue weighted by atomic mass is 10.0. The average Bonchev–Trinajstić information content (AvgIpc) is 3.17. The van der Waals surface area contributed by atoms with Crippen molar-refractivity contribution in [2.45, 2.75) is 13.3 Å². The van der Waals surface area contributed by atoms with Crippen LogP contribution in [0.3, 0.4) is 0 Å². The zero-order valence-corrected chi connectivity index (χ0v) is 14.3. The molecule has 1 aromatic carbocycles. The highest BCUT2D eigenvalue weighted by Crippen LogP contribution is 2.31. The van der Waals surface area contributed by atoms with Gasteiger partial charge in [-0.1, -0.05) is 29.8 Å². The van der Waals surface area contributed by atoms with Gasteiger partial charge in [-0.3, -0.25) is 9.59 Å². The van der Waals surface area contributed by atoms with Crippen LogP contribution in [0, 0.1) is 12.8 Å². The summed E-state index contributed by atoms with van der Waals surface area (Å²) in [4.78, 5) is 26.1. The molecular weight excluding hydrogens is 334 g/mol. The van der Waals surface area contributed by atoms with Crippen LogP contribution < -0.4 is 0 Å². The molecule has 1 N–H and O–H groups in total. The zero-order valence-electron chi connectivity index (χ0n) is 12.7. The Bertz CT molecular complexity index is 711. The minimum Gasteiger partial charge on any atom is -0.481 e. The van der Waals surface area contributed by atoms with Gasteiger partial charge >= 0.3 is 5.97 Å². The molecule has 0 radical (unpaired) electrons. The Labute approximate surface area is 145 Å². The Kier molecular flexibility index (Phi) is 5.44. The number of carboxylic acid groups (broad SMARTS) is 1. The normalized spacial score (nSPS) is 16.9. The summed E-state index contributed by atoms with van der Waals surface area (Å²) >= 11 is 1.41. The molecule has 1 aliphatic heterocycles. The van der Waals surface area contributed by atoms with Crippen LogP contribution in [0.4, 0.5) is 0 Å². The second-order valence-electron chi connectivity index (χ2n) is 5.60. The van der Waals surface area contributed by atoms with E-state index in [4.69, 9.17) is 5.11 Å². The van der Waals surface area contributed by atoms with Crippen LogP contribution in [0.1, 0.15) is 21.7 Å². The summed E-state index contributed by atoms with van der Waals surface area (Å²) in [5.41, 5.74) is 3.12. The lowest BCUT2D eigenvalue weighted by molar-refractivity contribution is -0.141. The third-order valence-corrected chi connectivity index (χ3v) is 4.95. The third-order valence-electron chi connectivity index (χ3n) is 4.05. The van der Waals surface area contributed by atoms with Crippen LogP contribution in [-0.4, -0.2) is 35.0 Å². The molecule has 0 bridgehead atoms. The van der Waals surface area contributed by atoms with Gasteiger partial charge in [-0.2, -0.15) is 0 Å². The van der Waals surface area contributed by atoms with Crippen molar-refractivity contribution >= 4 is 35.6 Å². The monoisotopic (exact) mass is 351 g/mol. The van der Waals surface area contributed by atoms with Gasteiger partial charge in [-0.15, -0.1) is 23.7 Å². The number of rotatable bonds is 3. The predicted octanol–water partition coefficient (Wildman–Crippen LogP) is 3.69. The number of halogens is 1. The Morgan fingerprint density at radius 3 is 2.52 bits per heavy atom. The molecule has 0 saturated carbocycles. The fraction of sp³-hybridized carbons (Fsp3) is 0.294. The minimum absolute atomic E-state index is 0. The Hall–Kier alpha value is -1.85. The van der Waals surface area contributed by atoms with Crippen LogP contribution >= 0.6 is 23.7 Å². The van der Waals surface area contributed by atoms with Gasteiger partial charge in [0.05, 0.1) is 10.8 Å². The number of hydrogen-bond acceptors (Lipinski definition) is 3. The highest BCUT2D eigenvalue weighted by Gasteiger charge is 2.32. The standard InChI is InChI=1S/C17H17NO3S.ClH/c1-11-2-4-12(5-3-11)14-7-9-22-15(14)16(19)18-8-6-13(10-18)17(20)21;/h2-5,7,9,13H,6,8,10H2,1H3,(H,20,21);1H. The fourth-order valence-electron chi connectivity index (χ4n) is 2.73. The van der Waals surface area contributed by atoms with Crippen molar-refractivity contribution in [2.75, 3.05) is 13.1 Å². The maximum Gasteiger partial charge on any atom is 0.308 e. The van der Waals surface area contributed by atoms with Gasteiger partial charge in [-0.05, 0) is 30.4 Å². The molecule has 1 unspecified atom stereocenters. The molecule has 6 heteroatoms. The number of benzene rings is 1. The average molecular weight is 352 g/mol. The van der Waals surface area contributed by atoms with E-state index in [1.807, 2.05) is 42.6 Å². The summed E-state index contributed by atoms with van der Waals surface area (Å²) in [7, 11) is 0. The summed E-state index contributed by atoms with van der Waals surface area (Å²) in [5.74, 6) is -1.32. The van der Waals surface area contributed by atoms with E-state index in [9.17, 15) is 9.59 Å². The quantitative estimate of drug-likeness (QED) is 0.917. The smallest absolute Gasteiger partial charge is 0.308 e. The first-order valence-electron chi connectivity index (χ1n) is 7.23. The first-order chi connectivity index (χ1) is 10.6. The highest BCUT2D eigenvalue weighted by molar-refractivity contribution is 7.12. The number of carbonyl (C=O) groups excluding carboxylic acids is 1. The van der Waals surface area contributed by atoms with Crippen LogP contribution in [0.2, 0.25) is 0 Å². The van der Waals surface area contributed by atoms with Gasteiger partial charge < -0.3 is 10.0 Å². The van der Waals surface area contributed by atoms with E-state index in [-0.39, 0.29) is 18.3 Å². The van der Waals surface area contributed by atoms with Gasteiger partial charge in [0.1, 0.15) is 0 Å². The van der Waals surface area contributed by atoms with E-state index in [1.54, 1.807) is 4.90 Å². The second kappa shape index (κ2) is 7.15. The van der Waals surface area contributed by atoms with Crippen LogP contribution in [0.5, 0.6) is 0 Å². The molecule has 1 aromatic heterocycles. The summed E-state index contributed by atoms with van der Waals surface area (Å²) < 4.78 is 0. The Balaban J connectivity index is 0.00000192. The van der Waals surface area contributed by atoms with Gasteiger partial charge in [0, 0.05) is 18.7 Å². The molecule has 2 aromatic rings. The molecule has 3 rings (SSSR count). The summed E-state index contributed by atoms with van der Waals surface area (Å²) in [6.45, 7) is 2.85. The summed E-state index contributed by atoms with van der Waals surface area (Å²) in [5, 5.41) is 11.0. The van der Waals surface area contributed by atoms with Crippen LogP contribution in [0.15, 0.2) is 35.7 Å². The lowest BCUT2D eigenvalue weighted by Gasteiger charge is -2.16. The van der Waals surface area contributed by atoms with E-state index in [0.717, 1.165) is 11.1 Å². The van der Waals surface area contributed by atoms with Gasteiger partial charge in [0.15, 0.2) is 0 Å². The van der Waals surface area contributed by atoms with E-state index < -0.39 is 11.9 Å². The van der Waals surface area contributed by atoms with Crippen molar-refractivity contribution in [3.8, 4) is 11.1 Å². The summed E-state index contributed by atoms with van der Waals surface area (Å²) in [6.07, 6.45) is 0.534. The topological polar surface area (TPSA) is 57.6 Å². The van der Waals surface area contributed by atoms with E-state index in [0.29, 0.717) is 24.4 Å². The van der Waals surface area contributed by atoms with Gasteiger partial charge in [0.25, 0.3) is 5.91 Å². The maximum atomic E-state index is 12.7. The minimum atomic E-state index is -0.819. The zero-order chi connectivity index (χ0) is 15.7. The summed E-state index contributed by atoms with van der Waals surface area (Å²) in [6, 6.07) is 10.0. The SMILES string of the molecule is Cc1ccc(-c2ccsc2C(=O)N2CCC(C(=O)O)C2)cc1.Cl. The van der Waals surface area contributed by atoms with Crippen molar-refractivity contribution in [3.05, 3.63) is 46.2 Å². The predicted molar refractivity (Wildman–Crippen MR) is 93.4 cm³/mol. The number of amides is 1. The molecule has 122 valence electrons. The third kappa shape index (κ3) is 3.57. The maximum absolute atomic E-state index is 12.7.